The number of nitrogens with one attached hydrogen (secondary N) is 3. The smallest absolute Gasteiger partial charge is 0.323 e. The maximum atomic E-state index is 12.7. The van der Waals surface area contributed by atoms with Gasteiger partial charge in [0, 0.05) is 24.2 Å². The molecule has 0 spiro atoms. The minimum atomic E-state index is -0.548. The Labute approximate surface area is 185 Å². The molecule has 3 amide bonds. The van der Waals surface area contributed by atoms with Crippen molar-refractivity contribution in [3.63, 3.8) is 0 Å². The zero-order valence-corrected chi connectivity index (χ0v) is 17.5. The van der Waals surface area contributed by atoms with Crippen LogP contribution in [0.1, 0.15) is 24.1 Å². The van der Waals surface area contributed by atoms with Crippen molar-refractivity contribution >= 4 is 11.9 Å². The van der Waals surface area contributed by atoms with Crippen molar-refractivity contribution in [1.29, 1.82) is 0 Å². The van der Waals surface area contributed by atoms with E-state index in [4.69, 9.17) is 5.73 Å². The zero-order valence-electron chi connectivity index (χ0n) is 17.5. The van der Waals surface area contributed by atoms with Crippen molar-refractivity contribution in [2.45, 2.75) is 19.5 Å². The van der Waals surface area contributed by atoms with Gasteiger partial charge in [0.05, 0.1) is 30.2 Å². The Kier molecular flexibility index (Phi) is 5.71. The van der Waals surface area contributed by atoms with E-state index in [1.54, 1.807) is 12.4 Å². The first-order chi connectivity index (χ1) is 15.4. The Morgan fingerprint density at radius 2 is 2.00 bits per heavy atom. The van der Waals surface area contributed by atoms with Gasteiger partial charge in [-0.3, -0.25) is 14.5 Å². The van der Waals surface area contributed by atoms with Gasteiger partial charge >= 0.3 is 6.03 Å². The molecule has 0 radical (unpaired) electrons. The van der Waals surface area contributed by atoms with E-state index in [0.29, 0.717) is 6.54 Å². The van der Waals surface area contributed by atoms with E-state index in [9.17, 15) is 9.59 Å². The van der Waals surface area contributed by atoms with Crippen molar-refractivity contribution in [3.8, 4) is 11.1 Å². The summed E-state index contributed by atoms with van der Waals surface area (Å²) in [5.74, 6) is -0.485. The second-order valence-electron chi connectivity index (χ2n) is 7.45. The molecule has 9 heteroatoms. The van der Waals surface area contributed by atoms with Gasteiger partial charge in [0.25, 0.3) is 5.91 Å². The zero-order chi connectivity index (χ0) is 22.7. The summed E-state index contributed by atoms with van der Waals surface area (Å²) >= 11 is 0. The Hall–Kier alpha value is -4.40. The van der Waals surface area contributed by atoms with Crippen molar-refractivity contribution in [3.05, 3.63) is 96.0 Å². The quantitative estimate of drug-likeness (QED) is 0.478. The second kappa shape index (κ2) is 8.76. The number of pyridine rings is 1. The standard InChI is InChI=1S/C23H23N7O2/c1-14(27-22(31)21-20(24)15(2)28-23(32)29-21)17-4-3-5-18(10-17)19-11-26-30(13-19)12-16-6-8-25-9-7-16/h3-11,13-14H,2,12,24H2,1H3,(H,27,31)(H2,28,29,32)/t14-/m1/s1. The van der Waals surface area contributed by atoms with Crippen LogP contribution in [0.2, 0.25) is 0 Å². The van der Waals surface area contributed by atoms with Gasteiger partial charge < -0.3 is 21.7 Å². The lowest BCUT2D eigenvalue weighted by molar-refractivity contribution is -0.118. The summed E-state index contributed by atoms with van der Waals surface area (Å²) in [6.45, 7) is 6.15. The first-order valence-electron chi connectivity index (χ1n) is 10.0. The normalized spacial score (nSPS) is 14.5. The van der Waals surface area contributed by atoms with Crippen LogP contribution in [0.4, 0.5) is 4.79 Å². The highest BCUT2D eigenvalue weighted by Crippen LogP contribution is 2.23. The molecular weight excluding hydrogens is 406 g/mol. The van der Waals surface area contributed by atoms with Crippen LogP contribution in [0.25, 0.3) is 11.1 Å². The SMILES string of the molecule is C=C1NC(=O)NC(C(=O)N[C@H](C)c2cccc(-c3cnn(Cc4ccncc4)c3)c2)=C1N. The van der Waals surface area contributed by atoms with Gasteiger partial charge in [-0.2, -0.15) is 5.10 Å². The van der Waals surface area contributed by atoms with Crippen LogP contribution in [0.5, 0.6) is 0 Å². The molecule has 2 aromatic heterocycles. The fourth-order valence-electron chi connectivity index (χ4n) is 3.36. The summed E-state index contributed by atoms with van der Waals surface area (Å²) in [4.78, 5) is 28.3. The molecule has 1 atom stereocenters. The highest BCUT2D eigenvalue weighted by Gasteiger charge is 2.25. The van der Waals surface area contributed by atoms with E-state index in [2.05, 4.69) is 32.6 Å². The molecule has 0 aliphatic carbocycles. The highest BCUT2D eigenvalue weighted by atomic mass is 16.2. The van der Waals surface area contributed by atoms with Crippen molar-refractivity contribution in [2.24, 2.45) is 5.73 Å². The molecule has 0 unspecified atom stereocenters. The fourth-order valence-corrected chi connectivity index (χ4v) is 3.36. The molecule has 0 fully saturated rings. The van der Waals surface area contributed by atoms with E-state index in [1.807, 2.05) is 60.4 Å². The van der Waals surface area contributed by atoms with Gasteiger partial charge in [0.15, 0.2) is 0 Å². The number of hydrogen-bond acceptors (Lipinski definition) is 5. The summed E-state index contributed by atoms with van der Waals surface area (Å²) in [5, 5.41) is 12.2. The molecule has 0 saturated heterocycles. The Bertz CT molecular complexity index is 1210. The Morgan fingerprint density at radius 1 is 1.22 bits per heavy atom. The largest absolute Gasteiger partial charge is 0.395 e. The van der Waals surface area contributed by atoms with Gasteiger partial charge in [-0.25, -0.2) is 4.79 Å². The predicted octanol–water partition coefficient (Wildman–Crippen LogP) is 2.17. The monoisotopic (exact) mass is 429 g/mol. The Balaban J connectivity index is 1.48. The maximum Gasteiger partial charge on any atom is 0.323 e. The average molecular weight is 429 g/mol. The molecule has 9 nitrogen and oxygen atoms in total. The van der Waals surface area contributed by atoms with Crippen molar-refractivity contribution in [2.75, 3.05) is 0 Å². The molecular formula is C23H23N7O2. The lowest BCUT2D eigenvalue weighted by atomic mass is 10.0. The molecule has 162 valence electrons. The first-order valence-corrected chi connectivity index (χ1v) is 10.0. The number of rotatable bonds is 6. The topological polar surface area (TPSA) is 127 Å². The molecule has 4 rings (SSSR count). The highest BCUT2D eigenvalue weighted by molar-refractivity contribution is 6.00. The summed E-state index contributed by atoms with van der Waals surface area (Å²) in [6, 6.07) is 10.9. The molecule has 3 aromatic rings. The van der Waals surface area contributed by atoms with Gasteiger partial charge in [-0.05, 0) is 41.8 Å². The van der Waals surface area contributed by atoms with E-state index in [0.717, 1.165) is 22.3 Å². The van der Waals surface area contributed by atoms with E-state index < -0.39 is 11.9 Å². The number of urea groups is 1. The lowest BCUT2D eigenvalue weighted by Gasteiger charge is -2.22. The first kappa shape index (κ1) is 20.9. The third kappa shape index (κ3) is 4.51. The maximum absolute atomic E-state index is 12.7. The van der Waals surface area contributed by atoms with Gasteiger partial charge in [-0.1, -0.05) is 24.8 Å². The van der Waals surface area contributed by atoms with Crippen LogP contribution in [0.3, 0.4) is 0 Å². The molecule has 1 aliphatic rings. The van der Waals surface area contributed by atoms with Gasteiger partial charge in [-0.15, -0.1) is 0 Å². The molecule has 1 aliphatic heterocycles. The minimum absolute atomic E-state index is 0.0147. The van der Waals surface area contributed by atoms with Crippen LogP contribution < -0.4 is 21.7 Å². The van der Waals surface area contributed by atoms with Crippen LogP contribution in [-0.2, 0) is 11.3 Å². The third-order valence-electron chi connectivity index (χ3n) is 5.12. The summed E-state index contributed by atoms with van der Waals surface area (Å²) in [7, 11) is 0. The summed E-state index contributed by atoms with van der Waals surface area (Å²) < 4.78 is 1.87. The van der Waals surface area contributed by atoms with Gasteiger partial charge in [0.1, 0.15) is 5.70 Å². The number of carbonyl (C=O) groups excluding carboxylic acids is 2. The third-order valence-corrected chi connectivity index (χ3v) is 5.12. The fraction of sp³-hybridized carbons (Fsp3) is 0.130. The van der Waals surface area contributed by atoms with E-state index in [1.165, 1.54) is 0 Å². The number of nitrogens with zero attached hydrogens (tertiary/aromatic N) is 3. The number of hydrogen-bond donors (Lipinski definition) is 4. The minimum Gasteiger partial charge on any atom is -0.395 e. The van der Waals surface area contributed by atoms with Gasteiger partial charge in [0.2, 0.25) is 0 Å². The van der Waals surface area contributed by atoms with Crippen LogP contribution in [0.15, 0.2) is 84.9 Å². The summed E-state index contributed by atoms with van der Waals surface area (Å²) in [5.41, 5.74) is 10.1. The van der Waals surface area contributed by atoms with Crippen LogP contribution in [0, 0.1) is 0 Å². The van der Waals surface area contributed by atoms with Crippen LogP contribution >= 0.6 is 0 Å². The predicted molar refractivity (Wildman–Crippen MR) is 120 cm³/mol. The number of benzene rings is 1. The lowest BCUT2D eigenvalue weighted by Crippen LogP contribution is -2.47. The van der Waals surface area contributed by atoms with Crippen molar-refractivity contribution in [1.82, 2.24) is 30.7 Å². The van der Waals surface area contributed by atoms with E-state index in [-0.39, 0.29) is 23.1 Å². The van der Waals surface area contributed by atoms with Crippen molar-refractivity contribution < 1.29 is 9.59 Å². The molecule has 3 heterocycles. The summed E-state index contributed by atoms with van der Waals surface area (Å²) in [6.07, 6.45) is 7.30. The number of carbonyl (C=O) groups is 2. The Morgan fingerprint density at radius 3 is 2.78 bits per heavy atom. The number of nitrogens with two attached hydrogens (primary N) is 1. The van der Waals surface area contributed by atoms with Crippen LogP contribution in [-0.4, -0.2) is 26.7 Å². The second-order valence-corrected chi connectivity index (χ2v) is 7.45. The molecule has 1 aromatic carbocycles. The molecule has 5 N–H and O–H groups in total. The molecule has 32 heavy (non-hydrogen) atoms. The molecule has 0 bridgehead atoms. The van der Waals surface area contributed by atoms with E-state index >= 15 is 0 Å². The molecule has 0 saturated carbocycles. The number of aromatic nitrogens is 3. The average Bonchev–Trinajstić information content (AvgIpc) is 3.25. The number of amides is 3.